The summed E-state index contributed by atoms with van der Waals surface area (Å²) in [7, 11) is 0. The molecule has 2 aliphatic heterocycles. The number of carbonyl (C=O) groups excluding carboxylic acids is 1. The van der Waals surface area contributed by atoms with E-state index in [9.17, 15) is 4.79 Å². The van der Waals surface area contributed by atoms with Crippen LogP contribution in [-0.2, 0) is 14.3 Å². The minimum atomic E-state index is -0.207. The maximum absolute atomic E-state index is 12.3. The molecular formula is C17H25N3O4. The normalized spacial score (nSPS) is 25.2. The third kappa shape index (κ3) is 5.15. The van der Waals surface area contributed by atoms with E-state index in [0.717, 1.165) is 39.3 Å². The predicted octanol–water partition coefficient (Wildman–Crippen LogP) is 0.456. The van der Waals surface area contributed by atoms with Gasteiger partial charge in [-0.15, -0.1) is 0 Å². The molecule has 0 unspecified atom stereocenters. The molecule has 0 bridgehead atoms. The van der Waals surface area contributed by atoms with E-state index in [2.05, 4.69) is 15.2 Å². The van der Waals surface area contributed by atoms with Crippen molar-refractivity contribution in [3.8, 4) is 5.88 Å². The highest BCUT2D eigenvalue weighted by Crippen LogP contribution is 2.15. The molecule has 132 valence electrons. The van der Waals surface area contributed by atoms with Gasteiger partial charge < -0.3 is 19.5 Å². The van der Waals surface area contributed by atoms with Crippen LogP contribution in [-0.4, -0.2) is 74.0 Å². The molecule has 24 heavy (non-hydrogen) atoms. The molecule has 1 aromatic heterocycles. The number of carbonyl (C=O) groups is 1. The maximum atomic E-state index is 12.3. The van der Waals surface area contributed by atoms with Crippen LogP contribution in [0.25, 0.3) is 0 Å². The van der Waals surface area contributed by atoms with Crippen molar-refractivity contribution in [2.24, 2.45) is 0 Å². The van der Waals surface area contributed by atoms with Gasteiger partial charge in [-0.2, -0.15) is 0 Å². The summed E-state index contributed by atoms with van der Waals surface area (Å²) in [6, 6.07) is 5.49. The average Bonchev–Trinajstić information content (AvgIpc) is 2.63. The van der Waals surface area contributed by atoms with Gasteiger partial charge in [-0.1, -0.05) is 6.07 Å². The summed E-state index contributed by atoms with van der Waals surface area (Å²) in [5.41, 5.74) is 0. The van der Waals surface area contributed by atoms with Crippen LogP contribution >= 0.6 is 0 Å². The van der Waals surface area contributed by atoms with Gasteiger partial charge >= 0.3 is 0 Å². The lowest BCUT2D eigenvalue weighted by molar-refractivity contribution is -0.124. The number of hydrogen-bond acceptors (Lipinski definition) is 6. The van der Waals surface area contributed by atoms with Crippen LogP contribution in [0.1, 0.15) is 12.8 Å². The molecule has 0 spiro atoms. The van der Waals surface area contributed by atoms with Crippen LogP contribution in [0.3, 0.4) is 0 Å². The van der Waals surface area contributed by atoms with Crippen molar-refractivity contribution in [1.29, 1.82) is 0 Å². The van der Waals surface area contributed by atoms with Crippen LogP contribution < -0.4 is 10.1 Å². The van der Waals surface area contributed by atoms with Crippen molar-refractivity contribution in [2.75, 3.05) is 46.1 Å². The molecule has 2 aliphatic rings. The van der Waals surface area contributed by atoms with E-state index in [1.54, 1.807) is 6.20 Å². The average molecular weight is 335 g/mol. The van der Waals surface area contributed by atoms with E-state index in [1.807, 2.05) is 18.2 Å². The monoisotopic (exact) mass is 335 g/mol. The van der Waals surface area contributed by atoms with Gasteiger partial charge in [-0.05, 0) is 12.5 Å². The van der Waals surface area contributed by atoms with E-state index in [0.29, 0.717) is 25.5 Å². The Hall–Kier alpha value is -1.70. The number of hydrogen-bond donors (Lipinski definition) is 1. The number of rotatable bonds is 6. The van der Waals surface area contributed by atoms with Crippen molar-refractivity contribution in [3.05, 3.63) is 24.4 Å². The minimum Gasteiger partial charge on any atom is -0.470 e. The molecule has 1 amide bonds. The molecule has 2 atom stereocenters. The first-order valence-corrected chi connectivity index (χ1v) is 8.56. The first-order chi connectivity index (χ1) is 11.8. The zero-order chi connectivity index (χ0) is 16.6. The molecule has 7 heteroatoms. The second-order valence-electron chi connectivity index (χ2n) is 6.07. The Morgan fingerprint density at radius 1 is 1.29 bits per heavy atom. The van der Waals surface area contributed by atoms with Crippen molar-refractivity contribution in [3.63, 3.8) is 0 Å². The SMILES string of the molecule is O=C(CCN1CCOCC1)N[C@@H]1CCOC[C@H]1Oc1ccccn1. The second-order valence-corrected chi connectivity index (χ2v) is 6.07. The topological polar surface area (TPSA) is 72.9 Å². The highest BCUT2D eigenvalue weighted by molar-refractivity contribution is 5.76. The number of aromatic nitrogens is 1. The summed E-state index contributed by atoms with van der Waals surface area (Å²) >= 11 is 0. The quantitative estimate of drug-likeness (QED) is 0.814. The standard InChI is InChI=1S/C17H25N3O4/c21-16(4-7-20-8-11-22-12-9-20)19-14-5-10-23-13-15(14)24-17-3-1-2-6-18-17/h1-3,6,14-15H,4-5,7-13H2,(H,19,21)/t14-,15-/m1/s1. The zero-order valence-corrected chi connectivity index (χ0v) is 13.9. The van der Waals surface area contributed by atoms with Gasteiger partial charge in [-0.3, -0.25) is 9.69 Å². The number of pyridine rings is 1. The molecule has 0 aromatic carbocycles. The maximum Gasteiger partial charge on any atom is 0.221 e. The van der Waals surface area contributed by atoms with Gasteiger partial charge in [0.05, 0.1) is 25.9 Å². The van der Waals surface area contributed by atoms with Crippen molar-refractivity contribution in [1.82, 2.24) is 15.2 Å². The van der Waals surface area contributed by atoms with Crippen LogP contribution in [0.15, 0.2) is 24.4 Å². The molecule has 2 fully saturated rings. The van der Waals surface area contributed by atoms with Crippen molar-refractivity contribution in [2.45, 2.75) is 25.0 Å². The number of ether oxygens (including phenoxy) is 3. The Balaban J connectivity index is 1.46. The fourth-order valence-corrected chi connectivity index (χ4v) is 2.93. The van der Waals surface area contributed by atoms with Crippen LogP contribution in [0.2, 0.25) is 0 Å². The Morgan fingerprint density at radius 2 is 2.17 bits per heavy atom. The van der Waals surface area contributed by atoms with Gasteiger partial charge in [0.2, 0.25) is 11.8 Å². The summed E-state index contributed by atoms with van der Waals surface area (Å²) < 4.78 is 16.7. The minimum absolute atomic E-state index is 0.0436. The summed E-state index contributed by atoms with van der Waals surface area (Å²) in [4.78, 5) is 18.7. The summed E-state index contributed by atoms with van der Waals surface area (Å²) in [5.74, 6) is 0.614. The highest BCUT2D eigenvalue weighted by atomic mass is 16.5. The van der Waals surface area contributed by atoms with Crippen molar-refractivity contribution >= 4 is 5.91 Å². The van der Waals surface area contributed by atoms with Crippen LogP contribution in [0, 0.1) is 0 Å². The third-order valence-electron chi connectivity index (χ3n) is 4.32. The number of nitrogens with one attached hydrogen (secondary N) is 1. The van der Waals surface area contributed by atoms with Gasteiger partial charge in [0.25, 0.3) is 0 Å². The van der Waals surface area contributed by atoms with Gasteiger partial charge in [0, 0.05) is 44.9 Å². The molecule has 3 rings (SSSR count). The first-order valence-electron chi connectivity index (χ1n) is 8.56. The summed E-state index contributed by atoms with van der Waals surface area (Å²) in [6.45, 7) is 5.17. The van der Waals surface area contributed by atoms with Gasteiger partial charge in [-0.25, -0.2) is 4.98 Å². The van der Waals surface area contributed by atoms with Crippen molar-refractivity contribution < 1.29 is 19.0 Å². The lowest BCUT2D eigenvalue weighted by Crippen LogP contribution is -2.52. The smallest absolute Gasteiger partial charge is 0.221 e. The highest BCUT2D eigenvalue weighted by Gasteiger charge is 2.29. The van der Waals surface area contributed by atoms with E-state index in [4.69, 9.17) is 14.2 Å². The number of nitrogens with zero attached hydrogens (tertiary/aromatic N) is 2. The Kier molecular flexibility index (Phi) is 6.40. The van der Waals surface area contributed by atoms with E-state index in [-0.39, 0.29) is 18.1 Å². The fraction of sp³-hybridized carbons (Fsp3) is 0.647. The van der Waals surface area contributed by atoms with Crippen LogP contribution in [0.4, 0.5) is 0 Å². The molecule has 3 heterocycles. The lowest BCUT2D eigenvalue weighted by Gasteiger charge is -2.32. The lowest BCUT2D eigenvalue weighted by atomic mass is 10.1. The van der Waals surface area contributed by atoms with E-state index >= 15 is 0 Å². The van der Waals surface area contributed by atoms with Gasteiger partial charge in [0.15, 0.2) is 0 Å². The van der Waals surface area contributed by atoms with Crippen LogP contribution in [0.5, 0.6) is 5.88 Å². The molecule has 0 saturated carbocycles. The molecule has 2 saturated heterocycles. The molecular weight excluding hydrogens is 310 g/mol. The summed E-state index contributed by atoms with van der Waals surface area (Å²) in [6.07, 6.45) is 2.73. The molecule has 1 N–H and O–H groups in total. The second kappa shape index (κ2) is 8.96. The Morgan fingerprint density at radius 3 is 2.96 bits per heavy atom. The molecule has 0 aliphatic carbocycles. The number of amides is 1. The Bertz CT molecular complexity index is 508. The third-order valence-corrected chi connectivity index (χ3v) is 4.32. The van der Waals surface area contributed by atoms with Gasteiger partial charge in [0.1, 0.15) is 6.10 Å². The molecule has 0 radical (unpaired) electrons. The first kappa shape index (κ1) is 17.1. The fourth-order valence-electron chi connectivity index (χ4n) is 2.93. The van der Waals surface area contributed by atoms with E-state index in [1.165, 1.54) is 0 Å². The zero-order valence-electron chi connectivity index (χ0n) is 13.9. The summed E-state index contributed by atoms with van der Waals surface area (Å²) in [5, 5.41) is 3.10. The molecule has 1 aromatic rings. The molecule has 7 nitrogen and oxygen atoms in total. The number of morpholine rings is 1. The predicted molar refractivity (Wildman–Crippen MR) is 87.9 cm³/mol. The largest absolute Gasteiger partial charge is 0.470 e. The Labute approximate surface area is 142 Å². The van der Waals surface area contributed by atoms with E-state index < -0.39 is 0 Å².